The SMILES string of the molecule is C=CCn1c(=NC(=O)Cc2cccc3ccccc23)sc2cc(Cl)cc(Cl)c21. The van der Waals surface area contributed by atoms with Crippen LogP contribution in [-0.4, -0.2) is 10.5 Å². The molecule has 0 atom stereocenters. The van der Waals surface area contributed by atoms with Crippen molar-refractivity contribution >= 4 is 61.4 Å². The molecule has 3 nitrogen and oxygen atoms in total. The molecule has 0 aliphatic rings. The van der Waals surface area contributed by atoms with Crippen molar-refractivity contribution in [3.63, 3.8) is 0 Å². The molecule has 0 spiro atoms. The van der Waals surface area contributed by atoms with Gasteiger partial charge in [0.25, 0.3) is 5.91 Å². The third-order valence-electron chi connectivity index (χ3n) is 4.45. The number of halogens is 2. The lowest BCUT2D eigenvalue weighted by molar-refractivity contribution is -0.117. The Bertz CT molecular complexity index is 1280. The van der Waals surface area contributed by atoms with E-state index in [0.29, 0.717) is 21.4 Å². The number of nitrogens with zero attached hydrogens (tertiary/aromatic N) is 2. The summed E-state index contributed by atoms with van der Waals surface area (Å²) >= 11 is 13.9. The van der Waals surface area contributed by atoms with Crippen LogP contribution in [0.5, 0.6) is 0 Å². The minimum atomic E-state index is -0.206. The standard InChI is InChI=1S/C22H16Cl2N2OS/c1-2-10-26-21-18(24)12-16(23)13-19(21)28-22(26)25-20(27)11-15-8-5-7-14-6-3-4-9-17(14)15/h2-9,12-13H,1,10-11H2. The molecule has 0 saturated heterocycles. The van der Waals surface area contributed by atoms with Crippen molar-refractivity contribution in [2.45, 2.75) is 13.0 Å². The summed E-state index contributed by atoms with van der Waals surface area (Å²) in [5.74, 6) is -0.206. The second-order valence-electron chi connectivity index (χ2n) is 6.34. The van der Waals surface area contributed by atoms with Crippen LogP contribution in [0.2, 0.25) is 10.0 Å². The number of benzene rings is 3. The van der Waals surface area contributed by atoms with E-state index in [2.05, 4.69) is 11.6 Å². The first-order valence-corrected chi connectivity index (χ1v) is 10.3. The lowest BCUT2D eigenvalue weighted by Crippen LogP contribution is -2.17. The van der Waals surface area contributed by atoms with Crippen molar-refractivity contribution in [1.82, 2.24) is 4.57 Å². The molecule has 0 fully saturated rings. The summed E-state index contributed by atoms with van der Waals surface area (Å²) in [6, 6.07) is 17.5. The Morgan fingerprint density at radius 2 is 1.93 bits per heavy atom. The predicted octanol–water partition coefficient (Wildman–Crippen LogP) is 6.02. The second-order valence-corrected chi connectivity index (χ2v) is 8.19. The van der Waals surface area contributed by atoms with E-state index < -0.39 is 0 Å². The summed E-state index contributed by atoms with van der Waals surface area (Å²) in [5.41, 5.74) is 1.77. The summed E-state index contributed by atoms with van der Waals surface area (Å²) in [5, 5.41) is 3.26. The average molecular weight is 427 g/mol. The minimum Gasteiger partial charge on any atom is -0.311 e. The molecule has 4 aromatic rings. The van der Waals surface area contributed by atoms with Gasteiger partial charge in [0.2, 0.25) is 0 Å². The smallest absolute Gasteiger partial charge is 0.252 e. The van der Waals surface area contributed by atoms with Crippen LogP contribution in [0.4, 0.5) is 0 Å². The van der Waals surface area contributed by atoms with Gasteiger partial charge in [-0.1, -0.05) is 83.1 Å². The maximum Gasteiger partial charge on any atom is 0.252 e. The molecule has 3 aromatic carbocycles. The monoisotopic (exact) mass is 426 g/mol. The molecule has 0 radical (unpaired) electrons. The highest BCUT2D eigenvalue weighted by atomic mass is 35.5. The van der Waals surface area contributed by atoms with Crippen LogP contribution in [0, 0.1) is 0 Å². The van der Waals surface area contributed by atoms with Gasteiger partial charge in [-0.3, -0.25) is 4.79 Å². The van der Waals surface area contributed by atoms with E-state index >= 15 is 0 Å². The normalized spacial score (nSPS) is 12.0. The average Bonchev–Trinajstić information content (AvgIpc) is 2.99. The zero-order valence-electron chi connectivity index (χ0n) is 14.9. The number of thiazole rings is 1. The van der Waals surface area contributed by atoms with E-state index in [1.807, 2.05) is 53.1 Å². The van der Waals surface area contributed by atoms with Crippen LogP contribution < -0.4 is 4.80 Å². The Balaban J connectivity index is 1.78. The maximum atomic E-state index is 12.8. The van der Waals surface area contributed by atoms with E-state index in [1.54, 1.807) is 12.1 Å². The van der Waals surface area contributed by atoms with Gasteiger partial charge in [0.1, 0.15) is 0 Å². The van der Waals surface area contributed by atoms with E-state index in [0.717, 1.165) is 26.6 Å². The van der Waals surface area contributed by atoms with E-state index in [9.17, 15) is 4.79 Å². The molecule has 28 heavy (non-hydrogen) atoms. The van der Waals surface area contributed by atoms with Crippen LogP contribution >= 0.6 is 34.5 Å². The molecule has 0 unspecified atom stereocenters. The third-order valence-corrected chi connectivity index (χ3v) is 5.98. The number of carbonyl (C=O) groups excluding carboxylic acids is 1. The fraction of sp³-hybridized carbons (Fsp3) is 0.0909. The van der Waals surface area contributed by atoms with Crippen LogP contribution in [0.1, 0.15) is 5.56 Å². The number of aromatic nitrogens is 1. The molecule has 4 rings (SSSR count). The van der Waals surface area contributed by atoms with Gasteiger partial charge in [-0.05, 0) is 28.5 Å². The number of hydrogen-bond donors (Lipinski definition) is 0. The van der Waals surface area contributed by atoms with Crippen molar-refractivity contribution in [3.05, 3.63) is 87.7 Å². The Labute approximate surface area is 176 Å². The highest BCUT2D eigenvalue weighted by molar-refractivity contribution is 7.16. The van der Waals surface area contributed by atoms with E-state index in [1.165, 1.54) is 11.3 Å². The number of carbonyl (C=O) groups is 1. The Morgan fingerprint density at radius 1 is 1.14 bits per heavy atom. The molecule has 0 bridgehead atoms. The third kappa shape index (κ3) is 3.63. The number of hydrogen-bond acceptors (Lipinski definition) is 2. The fourth-order valence-electron chi connectivity index (χ4n) is 3.27. The highest BCUT2D eigenvalue weighted by Crippen LogP contribution is 2.29. The Kier molecular flexibility index (Phi) is 5.36. The van der Waals surface area contributed by atoms with Crippen LogP contribution in [0.25, 0.3) is 21.0 Å². The summed E-state index contributed by atoms with van der Waals surface area (Å²) < 4.78 is 2.78. The van der Waals surface area contributed by atoms with Crippen molar-refractivity contribution in [1.29, 1.82) is 0 Å². The van der Waals surface area contributed by atoms with Gasteiger partial charge in [0.05, 0.1) is 21.7 Å². The molecule has 0 saturated carbocycles. The first-order chi connectivity index (χ1) is 13.6. The molecule has 0 aliphatic heterocycles. The number of rotatable bonds is 4. The van der Waals surface area contributed by atoms with E-state index in [-0.39, 0.29) is 12.3 Å². The lowest BCUT2D eigenvalue weighted by Gasteiger charge is -2.05. The number of amides is 1. The van der Waals surface area contributed by atoms with Crippen molar-refractivity contribution < 1.29 is 4.79 Å². The fourth-order valence-corrected chi connectivity index (χ4v) is 5.11. The van der Waals surface area contributed by atoms with Crippen molar-refractivity contribution in [2.75, 3.05) is 0 Å². The lowest BCUT2D eigenvalue weighted by atomic mass is 10.0. The molecule has 1 aromatic heterocycles. The highest BCUT2D eigenvalue weighted by Gasteiger charge is 2.12. The van der Waals surface area contributed by atoms with E-state index in [4.69, 9.17) is 23.2 Å². The molecule has 140 valence electrons. The Morgan fingerprint density at radius 3 is 2.75 bits per heavy atom. The maximum absolute atomic E-state index is 12.8. The predicted molar refractivity (Wildman–Crippen MR) is 118 cm³/mol. The van der Waals surface area contributed by atoms with Gasteiger partial charge in [-0.2, -0.15) is 4.99 Å². The van der Waals surface area contributed by atoms with Gasteiger partial charge >= 0.3 is 0 Å². The molecule has 0 aliphatic carbocycles. The van der Waals surface area contributed by atoms with Crippen LogP contribution in [-0.2, 0) is 17.8 Å². The van der Waals surface area contributed by atoms with Crippen molar-refractivity contribution in [3.8, 4) is 0 Å². The van der Waals surface area contributed by atoms with Gasteiger partial charge in [-0.25, -0.2) is 0 Å². The van der Waals surface area contributed by atoms with Crippen LogP contribution in [0.15, 0.2) is 72.2 Å². The molecule has 0 N–H and O–H groups in total. The van der Waals surface area contributed by atoms with Crippen LogP contribution in [0.3, 0.4) is 0 Å². The molecular formula is C22H16Cl2N2OS. The van der Waals surface area contributed by atoms with Gasteiger partial charge in [0, 0.05) is 11.6 Å². The van der Waals surface area contributed by atoms with Gasteiger partial charge < -0.3 is 4.57 Å². The molecular weight excluding hydrogens is 411 g/mol. The summed E-state index contributed by atoms with van der Waals surface area (Å²) in [7, 11) is 0. The van der Waals surface area contributed by atoms with Gasteiger partial charge in [0.15, 0.2) is 4.80 Å². The quantitative estimate of drug-likeness (QED) is 0.367. The number of fused-ring (bicyclic) bond motifs is 2. The summed E-state index contributed by atoms with van der Waals surface area (Å²) in [6.07, 6.45) is 1.99. The first kappa shape index (κ1) is 18.9. The minimum absolute atomic E-state index is 0.206. The Hall–Kier alpha value is -2.40. The first-order valence-electron chi connectivity index (χ1n) is 8.70. The molecule has 1 heterocycles. The zero-order chi connectivity index (χ0) is 19.7. The number of allylic oxidation sites excluding steroid dienone is 1. The second kappa shape index (κ2) is 7.92. The molecule has 1 amide bonds. The van der Waals surface area contributed by atoms with Crippen molar-refractivity contribution in [2.24, 2.45) is 4.99 Å². The zero-order valence-corrected chi connectivity index (χ0v) is 17.2. The van der Waals surface area contributed by atoms with Gasteiger partial charge in [-0.15, -0.1) is 6.58 Å². The molecule has 6 heteroatoms. The summed E-state index contributed by atoms with van der Waals surface area (Å²) in [4.78, 5) is 17.7. The topological polar surface area (TPSA) is 34.4 Å². The largest absolute Gasteiger partial charge is 0.311 e. The summed E-state index contributed by atoms with van der Waals surface area (Å²) in [6.45, 7) is 4.30.